The van der Waals surface area contributed by atoms with Crippen LogP contribution in [0.25, 0.3) is 10.8 Å². The predicted octanol–water partition coefficient (Wildman–Crippen LogP) is 2.39. The van der Waals surface area contributed by atoms with Crippen molar-refractivity contribution in [1.82, 2.24) is 14.1 Å². The third-order valence-electron chi connectivity index (χ3n) is 6.69. The highest BCUT2D eigenvalue weighted by Crippen LogP contribution is 2.27. The minimum Gasteiger partial charge on any atom is -0.390 e. The zero-order valence-electron chi connectivity index (χ0n) is 18.0. The van der Waals surface area contributed by atoms with E-state index in [-0.39, 0.29) is 6.04 Å². The molecule has 2 aliphatic rings. The van der Waals surface area contributed by atoms with Gasteiger partial charge < -0.3 is 5.11 Å². The van der Waals surface area contributed by atoms with Gasteiger partial charge in [0.1, 0.15) is 0 Å². The molecule has 5 rings (SSSR count). The van der Waals surface area contributed by atoms with Crippen molar-refractivity contribution < 1.29 is 13.5 Å². The van der Waals surface area contributed by atoms with Gasteiger partial charge in [-0.15, -0.1) is 0 Å². The molecule has 0 bridgehead atoms. The average Bonchev–Trinajstić information content (AvgIpc) is 3.19. The van der Waals surface area contributed by atoms with Crippen LogP contribution in [0.2, 0.25) is 0 Å². The Balaban J connectivity index is 1.25. The third kappa shape index (κ3) is 4.19. The van der Waals surface area contributed by atoms with Gasteiger partial charge >= 0.3 is 0 Å². The van der Waals surface area contributed by atoms with Crippen molar-refractivity contribution in [2.24, 2.45) is 0 Å². The SMILES string of the molecule is O=S(=O)(c1cccc2ccccc12)N1CCN(C2CN(Cc3ccccc3)CC2O)CC1. The molecule has 2 heterocycles. The molecule has 3 aromatic carbocycles. The van der Waals surface area contributed by atoms with Crippen LogP contribution in [0.4, 0.5) is 0 Å². The monoisotopic (exact) mass is 451 g/mol. The Morgan fingerprint density at radius 2 is 1.50 bits per heavy atom. The van der Waals surface area contributed by atoms with E-state index in [4.69, 9.17) is 0 Å². The smallest absolute Gasteiger partial charge is 0.243 e. The summed E-state index contributed by atoms with van der Waals surface area (Å²) >= 11 is 0. The van der Waals surface area contributed by atoms with Gasteiger partial charge in [0.15, 0.2) is 0 Å². The molecule has 2 aliphatic heterocycles. The van der Waals surface area contributed by atoms with E-state index in [2.05, 4.69) is 21.9 Å². The van der Waals surface area contributed by atoms with Gasteiger partial charge in [-0.25, -0.2) is 8.42 Å². The Morgan fingerprint density at radius 3 is 2.28 bits per heavy atom. The summed E-state index contributed by atoms with van der Waals surface area (Å²) in [6.07, 6.45) is -0.417. The maximum atomic E-state index is 13.4. The van der Waals surface area contributed by atoms with E-state index in [0.29, 0.717) is 37.6 Å². The van der Waals surface area contributed by atoms with E-state index in [1.54, 1.807) is 10.4 Å². The van der Waals surface area contributed by atoms with Crippen molar-refractivity contribution in [3.05, 3.63) is 78.4 Å². The molecule has 0 spiro atoms. The summed E-state index contributed by atoms with van der Waals surface area (Å²) in [6.45, 7) is 4.40. The van der Waals surface area contributed by atoms with Crippen LogP contribution in [0.1, 0.15) is 5.56 Å². The van der Waals surface area contributed by atoms with Crippen LogP contribution in [-0.2, 0) is 16.6 Å². The maximum absolute atomic E-state index is 13.4. The van der Waals surface area contributed by atoms with Gasteiger partial charge in [-0.05, 0) is 17.0 Å². The Hall–Kier alpha value is -2.29. The van der Waals surface area contributed by atoms with Crippen molar-refractivity contribution in [3.63, 3.8) is 0 Å². The molecule has 1 N–H and O–H groups in total. The minimum absolute atomic E-state index is 0.0427. The van der Waals surface area contributed by atoms with E-state index < -0.39 is 16.1 Å². The Bertz CT molecular complexity index is 1170. The molecular formula is C25H29N3O3S. The lowest BCUT2D eigenvalue weighted by atomic mass is 10.1. The summed E-state index contributed by atoms with van der Waals surface area (Å²) in [5, 5.41) is 12.4. The van der Waals surface area contributed by atoms with Gasteiger partial charge in [0.25, 0.3) is 0 Å². The molecule has 3 aromatic rings. The topological polar surface area (TPSA) is 64.1 Å². The fraction of sp³-hybridized carbons (Fsp3) is 0.360. The average molecular weight is 452 g/mol. The molecule has 0 saturated carbocycles. The number of benzene rings is 3. The lowest BCUT2D eigenvalue weighted by molar-refractivity contribution is 0.0618. The maximum Gasteiger partial charge on any atom is 0.243 e. The van der Waals surface area contributed by atoms with Gasteiger partial charge in [0.05, 0.1) is 11.0 Å². The van der Waals surface area contributed by atoms with Crippen LogP contribution in [0.3, 0.4) is 0 Å². The second-order valence-electron chi connectivity index (χ2n) is 8.73. The molecule has 0 radical (unpaired) electrons. The van der Waals surface area contributed by atoms with E-state index in [0.717, 1.165) is 23.9 Å². The number of rotatable bonds is 5. The van der Waals surface area contributed by atoms with Crippen LogP contribution in [0.5, 0.6) is 0 Å². The number of fused-ring (bicyclic) bond motifs is 1. The largest absolute Gasteiger partial charge is 0.390 e. The Labute approximate surface area is 189 Å². The zero-order valence-corrected chi connectivity index (χ0v) is 18.9. The van der Waals surface area contributed by atoms with E-state index in [1.165, 1.54) is 5.56 Å². The molecule has 2 atom stereocenters. The first-order valence-electron chi connectivity index (χ1n) is 11.2. The number of sulfonamides is 1. The van der Waals surface area contributed by atoms with Crippen molar-refractivity contribution in [2.75, 3.05) is 39.3 Å². The molecule has 0 aromatic heterocycles. The summed E-state index contributed by atoms with van der Waals surface area (Å²) in [4.78, 5) is 4.91. The van der Waals surface area contributed by atoms with E-state index >= 15 is 0 Å². The summed E-state index contributed by atoms with van der Waals surface area (Å²) in [6, 6.07) is 23.4. The zero-order chi connectivity index (χ0) is 22.1. The van der Waals surface area contributed by atoms with Gasteiger partial charge in [0, 0.05) is 57.2 Å². The number of likely N-dealkylation sites (tertiary alicyclic amines) is 1. The lowest BCUT2D eigenvalue weighted by Gasteiger charge is -2.38. The summed E-state index contributed by atoms with van der Waals surface area (Å²) in [5.41, 5.74) is 1.24. The Kier molecular flexibility index (Phi) is 6.01. The Morgan fingerprint density at radius 1 is 0.812 bits per heavy atom. The molecule has 168 valence electrons. The first kappa shape index (κ1) is 21.6. The number of piperazine rings is 1. The molecule has 2 saturated heterocycles. The lowest BCUT2D eigenvalue weighted by Crippen LogP contribution is -2.54. The molecule has 0 amide bonds. The highest BCUT2D eigenvalue weighted by Gasteiger charge is 2.38. The second-order valence-corrected chi connectivity index (χ2v) is 10.6. The molecule has 0 aliphatic carbocycles. The van der Waals surface area contributed by atoms with Crippen LogP contribution in [-0.4, -0.2) is 79.0 Å². The third-order valence-corrected chi connectivity index (χ3v) is 8.65. The highest BCUT2D eigenvalue weighted by molar-refractivity contribution is 7.89. The number of nitrogens with zero attached hydrogens (tertiary/aromatic N) is 3. The quantitative estimate of drug-likeness (QED) is 0.645. The fourth-order valence-electron chi connectivity index (χ4n) is 5.01. The number of aliphatic hydroxyl groups excluding tert-OH is 1. The van der Waals surface area contributed by atoms with Crippen LogP contribution in [0.15, 0.2) is 77.7 Å². The van der Waals surface area contributed by atoms with E-state index in [9.17, 15) is 13.5 Å². The summed E-state index contributed by atoms with van der Waals surface area (Å²) in [7, 11) is -3.57. The number of hydrogen-bond donors (Lipinski definition) is 1. The normalized spacial score (nSPS) is 23.7. The number of β-amino-alcohol motifs (C(OH)–C–C–N with tert-alkyl or cyclic N) is 1. The molecule has 6 nitrogen and oxygen atoms in total. The highest BCUT2D eigenvalue weighted by atomic mass is 32.2. The molecule has 2 fully saturated rings. The van der Waals surface area contributed by atoms with Crippen LogP contribution in [0, 0.1) is 0 Å². The number of hydrogen-bond acceptors (Lipinski definition) is 5. The van der Waals surface area contributed by atoms with Crippen molar-refractivity contribution in [3.8, 4) is 0 Å². The first-order chi connectivity index (χ1) is 15.5. The van der Waals surface area contributed by atoms with Gasteiger partial charge in [-0.2, -0.15) is 4.31 Å². The van der Waals surface area contributed by atoms with Crippen LogP contribution >= 0.6 is 0 Å². The summed E-state index contributed by atoms with van der Waals surface area (Å²) in [5.74, 6) is 0. The molecule has 32 heavy (non-hydrogen) atoms. The fourth-order valence-corrected chi connectivity index (χ4v) is 6.65. The van der Waals surface area contributed by atoms with Gasteiger partial charge in [0.2, 0.25) is 10.0 Å². The molecule has 2 unspecified atom stereocenters. The minimum atomic E-state index is -3.57. The predicted molar refractivity (Wildman–Crippen MR) is 126 cm³/mol. The summed E-state index contributed by atoms with van der Waals surface area (Å²) < 4.78 is 28.4. The number of aliphatic hydroxyl groups is 1. The van der Waals surface area contributed by atoms with Gasteiger partial charge in [-0.1, -0.05) is 66.7 Å². The second kappa shape index (κ2) is 8.92. The molecular weight excluding hydrogens is 422 g/mol. The van der Waals surface area contributed by atoms with Gasteiger partial charge in [-0.3, -0.25) is 9.80 Å². The first-order valence-corrected chi connectivity index (χ1v) is 12.6. The molecule has 7 heteroatoms. The standard InChI is InChI=1S/C25H29N3O3S/c29-24-19-26(17-20-7-2-1-3-8-20)18-23(24)27-13-15-28(16-14-27)32(30,31)25-12-6-10-21-9-4-5-11-22(21)25/h1-12,23-24,29H,13-19H2. The van der Waals surface area contributed by atoms with E-state index in [1.807, 2.05) is 54.6 Å². The van der Waals surface area contributed by atoms with Crippen molar-refractivity contribution in [2.45, 2.75) is 23.6 Å². The van der Waals surface area contributed by atoms with Crippen molar-refractivity contribution >= 4 is 20.8 Å². The van der Waals surface area contributed by atoms with Crippen molar-refractivity contribution in [1.29, 1.82) is 0 Å². The van der Waals surface area contributed by atoms with Crippen LogP contribution < -0.4 is 0 Å².